The number of hydrogen-bond donors (Lipinski definition) is 1. The smallest absolute Gasteiger partial charge is 0.323 e. The summed E-state index contributed by atoms with van der Waals surface area (Å²) >= 11 is 0. The van der Waals surface area contributed by atoms with Gasteiger partial charge in [-0.3, -0.25) is 9.69 Å². The molecule has 4 heteroatoms. The molecule has 2 rings (SSSR count). The van der Waals surface area contributed by atoms with Crippen molar-refractivity contribution in [1.29, 1.82) is 0 Å². The van der Waals surface area contributed by atoms with E-state index < -0.39 is 0 Å². The van der Waals surface area contributed by atoms with Crippen molar-refractivity contribution in [2.75, 3.05) is 26.8 Å². The van der Waals surface area contributed by atoms with Crippen LogP contribution in [0.5, 0.6) is 0 Å². The number of aliphatic hydroxyl groups is 1. The zero-order chi connectivity index (χ0) is 10.8. The number of rotatable bonds is 4. The van der Waals surface area contributed by atoms with E-state index in [1.165, 1.54) is 7.11 Å². The highest BCUT2D eigenvalue weighted by molar-refractivity contribution is 5.76. The molecule has 1 N–H and O–H groups in total. The molecule has 0 bridgehead atoms. The molecule has 1 heterocycles. The van der Waals surface area contributed by atoms with Gasteiger partial charge in [-0.2, -0.15) is 0 Å². The van der Waals surface area contributed by atoms with E-state index >= 15 is 0 Å². The van der Waals surface area contributed by atoms with Gasteiger partial charge in [0.05, 0.1) is 7.11 Å². The predicted octanol–water partition coefficient (Wildman–Crippen LogP) is 0.252. The summed E-state index contributed by atoms with van der Waals surface area (Å²) in [5.41, 5.74) is 0. The Hall–Kier alpha value is -0.610. The normalized spacial score (nSPS) is 29.1. The van der Waals surface area contributed by atoms with Gasteiger partial charge in [0.2, 0.25) is 0 Å². The molecule has 0 radical (unpaired) electrons. The Bertz CT molecular complexity index is 240. The minimum Gasteiger partial charge on any atom is -0.468 e. The summed E-state index contributed by atoms with van der Waals surface area (Å²) in [6.07, 6.45) is 3.27. The summed E-state index contributed by atoms with van der Waals surface area (Å²) in [7, 11) is 1.46. The van der Waals surface area contributed by atoms with Crippen molar-refractivity contribution in [2.45, 2.75) is 25.3 Å². The standard InChI is InChI=1S/C11H19NO3/c1-15-11(14)10(9-2-3-9)12-5-4-8(6-12)7-13/h8-10,13H,2-7H2,1H3. The number of carbonyl (C=O) groups excluding carboxylic acids is 1. The van der Waals surface area contributed by atoms with E-state index in [0.29, 0.717) is 11.8 Å². The fourth-order valence-corrected chi connectivity index (χ4v) is 2.44. The van der Waals surface area contributed by atoms with Crippen molar-refractivity contribution in [2.24, 2.45) is 11.8 Å². The van der Waals surface area contributed by atoms with E-state index in [0.717, 1.165) is 32.4 Å². The van der Waals surface area contributed by atoms with Crippen LogP contribution in [0, 0.1) is 11.8 Å². The zero-order valence-electron chi connectivity index (χ0n) is 9.19. The second-order valence-corrected chi connectivity index (χ2v) is 4.64. The maximum absolute atomic E-state index is 11.6. The number of aliphatic hydroxyl groups excluding tert-OH is 1. The average molecular weight is 213 g/mol. The number of hydrogen-bond acceptors (Lipinski definition) is 4. The first-order valence-electron chi connectivity index (χ1n) is 5.69. The molecule has 0 aromatic carbocycles. The topological polar surface area (TPSA) is 49.8 Å². The van der Waals surface area contributed by atoms with Gasteiger partial charge in [-0.05, 0) is 37.6 Å². The molecule has 1 aliphatic heterocycles. The van der Waals surface area contributed by atoms with Crippen LogP contribution in [-0.2, 0) is 9.53 Å². The van der Waals surface area contributed by atoms with Crippen molar-refractivity contribution in [3.8, 4) is 0 Å². The molecule has 0 spiro atoms. The van der Waals surface area contributed by atoms with Gasteiger partial charge in [0, 0.05) is 13.2 Å². The Balaban J connectivity index is 1.96. The Labute approximate surface area is 90.2 Å². The number of ether oxygens (including phenoxy) is 1. The van der Waals surface area contributed by atoms with E-state index in [1.807, 2.05) is 0 Å². The molecule has 15 heavy (non-hydrogen) atoms. The number of carbonyl (C=O) groups is 1. The van der Waals surface area contributed by atoms with Crippen LogP contribution in [0.1, 0.15) is 19.3 Å². The van der Waals surface area contributed by atoms with E-state index in [9.17, 15) is 4.79 Å². The molecular formula is C11H19NO3. The molecule has 0 aromatic rings. The van der Waals surface area contributed by atoms with E-state index in [2.05, 4.69) is 4.90 Å². The fourth-order valence-electron chi connectivity index (χ4n) is 2.44. The summed E-state index contributed by atoms with van der Waals surface area (Å²) in [6.45, 7) is 1.99. The number of methoxy groups -OCH3 is 1. The third-order valence-corrected chi connectivity index (χ3v) is 3.48. The van der Waals surface area contributed by atoms with Crippen molar-refractivity contribution in [3.63, 3.8) is 0 Å². The predicted molar refractivity (Wildman–Crippen MR) is 55.3 cm³/mol. The van der Waals surface area contributed by atoms with E-state index in [4.69, 9.17) is 9.84 Å². The van der Waals surface area contributed by atoms with Crippen LogP contribution in [0.3, 0.4) is 0 Å². The number of likely N-dealkylation sites (tertiary alicyclic amines) is 1. The average Bonchev–Trinajstić information content (AvgIpc) is 2.96. The SMILES string of the molecule is COC(=O)C(C1CC1)N1CCC(CO)C1. The van der Waals surface area contributed by atoms with Gasteiger partial charge in [0.1, 0.15) is 6.04 Å². The van der Waals surface area contributed by atoms with Gasteiger partial charge < -0.3 is 9.84 Å². The zero-order valence-corrected chi connectivity index (χ0v) is 9.19. The first-order valence-corrected chi connectivity index (χ1v) is 5.69. The summed E-state index contributed by atoms with van der Waals surface area (Å²) in [4.78, 5) is 13.8. The summed E-state index contributed by atoms with van der Waals surface area (Å²) in [5.74, 6) is 0.738. The highest BCUT2D eigenvalue weighted by Crippen LogP contribution is 2.37. The van der Waals surface area contributed by atoms with E-state index in [-0.39, 0.29) is 18.6 Å². The molecule has 1 saturated carbocycles. The summed E-state index contributed by atoms with van der Waals surface area (Å²) in [5, 5.41) is 9.07. The molecule has 4 nitrogen and oxygen atoms in total. The van der Waals surface area contributed by atoms with Gasteiger partial charge in [0.15, 0.2) is 0 Å². The highest BCUT2D eigenvalue weighted by Gasteiger charge is 2.43. The number of nitrogens with zero attached hydrogens (tertiary/aromatic N) is 1. The summed E-state index contributed by atoms with van der Waals surface area (Å²) in [6, 6.07) is -0.0495. The molecular weight excluding hydrogens is 194 g/mol. The maximum atomic E-state index is 11.6. The molecule has 2 aliphatic rings. The third-order valence-electron chi connectivity index (χ3n) is 3.48. The summed E-state index contributed by atoms with van der Waals surface area (Å²) < 4.78 is 4.85. The minimum absolute atomic E-state index is 0.0495. The molecule has 2 unspecified atom stereocenters. The Morgan fingerprint density at radius 3 is 2.73 bits per heavy atom. The fraction of sp³-hybridized carbons (Fsp3) is 0.909. The minimum atomic E-state index is -0.101. The lowest BCUT2D eigenvalue weighted by atomic mass is 10.1. The van der Waals surface area contributed by atoms with Crippen LogP contribution in [0.4, 0.5) is 0 Å². The van der Waals surface area contributed by atoms with Gasteiger partial charge in [-0.25, -0.2) is 0 Å². The quantitative estimate of drug-likeness (QED) is 0.680. The van der Waals surface area contributed by atoms with Gasteiger partial charge in [-0.1, -0.05) is 0 Å². The van der Waals surface area contributed by atoms with Gasteiger partial charge in [0.25, 0.3) is 0 Å². The van der Waals surface area contributed by atoms with Gasteiger partial charge in [-0.15, -0.1) is 0 Å². The molecule has 2 fully saturated rings. The lowest BCUT2D eigenvalue weighted by molar-refractivity contribution is -0.147. The second kappa shape index (κ2) is 4.49. The Kier molecular flexibility index (Phi) is 3.26. The molecule has 0 aromatic heterocycles. The molecule has 86 valence electrons. The first kappa shape index (κ1) is 10.9. The van der Waals surface area contributed by atoms with Crippen LogP contribution >= 0.6 is 0 Å². The van der Waals surface area contributed by atoms with Crippen LogP contribution < -0.4 is 0 Å². The lowest BCUT2D eigenvalue weighted by Gasteiger charge is -2.25. The van der Waals surface area contributed by atoms with Crippen molar-refractivity contribution in [1.82, 2.24) is 4.90 Å². The second-order valence-electron chi connectivity index (χ2n) is 4.64. The molecule has 0 amide bonds. The van der Waals surface area contributed by atoms with Crippen molar-refractivity contribution >= 4 is 5.97 Å². The van der Waals surface area contributed by atoms with Crippen LogP contribution in [0.15, 0.2) is 0 Å². The van der Waals surface area contributed by atoms with Crippen LogP contribution in [0.25, 0.3) is 0 Å². The van der Waals surface area contributed by atoms with E-state index in [1.54, 1.807) is 0 Å². The number of esters is 1. The third kappa shape index (κ3) is 2.32. The first-order chi connectivity index (χ1) is 7.26. The monoisotopic (exact) mass is 213 g/mol. The molecule has 1 saturated heterocycles. The van der Waals surface area contributed by atoms with Crippen LogP contribution in [-0.4, -0.2) is 48.8 Å². The molecule has 1 aliphatic carbocycles. The lowest BCUT2D eigenvalue weighted by Crippen LogP contribution is -2.42. The van der Waals surface area contributed by atoms with Crippen LogP contribution in [0.2, 0.25) is 0 Å². The Morgan fingerprint density at radius 1 is 1.53 bits per heavy atom. The largest absolute Gasteiger partial charge is 0.468 e. The van der Waals surface area contributed by atoms with Crippen molar-refractivity contribution in [3.05, 3.63) is 0 Å². The molecule has 2 atom stereocenters. The van der Waals surface area contributed by atoms with Gasteiger partial charge >= 0.3 is 5.97 Å². The Morgan fingerprint density at radius 2 is 2.27 bits per heavy atom. The van der Waals surface area contributed by atoms with Crippen molar-refractivity contribution < 1.29 is 14.6 Å². The maximum Gasteiger partial charge on any atom is 0.323 e. The highest BCUT2D eigenvalue weighted by atomic mass is 16.5.